The average Bonchev–Trinajstić information content (AvgIpc) is 2.55. The summed E-state index contributed by atoms with van der Waals surface area (Å²) >= 11 is 1.67. The Morgan fingerprint density at radius 3 is 3.00 bits per heavy atom. The van der Waals surface area contributed by atoms with Gasteiger partial charge in [-0.2, -0.15) is 5.11 Å². The second-order valence-corrected chi connectivity index (χ2v) is 6.98. The first-order valence-corrected chi connectivity index (χ1v) is 8.84. The van der Waals surface area contributed by atoms with Crippen LogP contribution in [0.1, 0.15) is 36.5 Å². The van der Waals surface area contributed by atoms with Crippen LogP contribution < -0.4 is 5.32 Å². The van der Waals surface area contributed by atoms with E-state index in [2.05, 4.69) is 22.5 Å². The van der Waals surface area contributed by atoms with E-state index in [9.17, 15) is 9.59 Å². The molecule has 1 N–H and O–H groups in total. The molecule has 0 saturated heterocycles. The first-order valence-electron chi connectivity index (χ1n) is 7.85. The molecule has 5 nitrogen and oxygen atoms in total. The van der Waals surface area contributed by atoms with E-state index in [0.717, 1.165) is 34.6 Å². The Balaban J connectivity index is 1.68. The Labute approximate surface area is 139 Å². The first kappa shape index (κ1) is 15.9. The van der Waals surface area contributed by atoms with Crippen molar-refractivity contribution in [2.24, 2.45) is 10.2 Å². The Morgan fingerprint density at radius 1 is 1.35 bits per heavy atom. The van der Waals surface area contributed by atoms with Gasteiger partial charge in [0.25, 0.3) is 11.8 Å². The van der Waals surface area contributed by atoms with Crippen LogP contribution in [0, 0.1) is 0 Å². The van der Waals surface area contributed by atoms with Crippen LogP contribution >= 0.6 is 11.8 Å². The van der Waals surface area contributed by atoms with Crippen LogP contribution in [-0.4, -0.2) is 29.7 Å². The minimum absolute atomic E-state index is 0.0174. The van der Waals surface area contributed by atoms with Crippen LogP contribution in [-0.2, 0) is 4.79 Å². The van der Waals surface area contributed by atoms with Gasteiger partial charge in [-0.1, -0.05) is 19.1 Å². The van der Waals surface area contributed by atoms with E-state index in [1.807, 2.05) is 24.3 Å². The third kappa shape index (κ3) is 3.69. The molecule has 2 aliphatic rings. The lowest BCUT2D eigenvalue weighted by molar-refractivity contribution is -0.114. The molecule has 3 rings (SSSR count). The summed E-state index contributed by atoms with van der Waals surface area (Å²) in [6, 6.07) is 7.73. The molecule has 1 aliphatic heterocycles. The van der Waals surface area contributed by atoms with E-state index >= 15 is 0 Å². The number of rotatable bonds is 4. The van der Waals surface area contributed by atoms with Gasteiger partial charge in [-0.15, -0.1) is 16.9 Å². The Kier molecular flexibility index (Phi) is 4.91. The molecule has 1 saturated carbocycles. The molecule has 0 radical (unpaired) electrons. The monoisotopic (exact) mass is 329 g/mol. The first-order chi connectivity index (χ1) is 11.2. The summed E-state index contributed by atoms with van der Waals surface area (Å²) in [5.41, 5.74) is 1.70. The second-order valence-electron chi connectivity index (χ2n) is 5.67. The second kappa shape index (κ2) is 7.08. The molecule has 23 heavy (non-hydrogen) atoms. The summed E-state index contributed by atoms with van der Waals surface area (Å²) in [6.07, 6.45) is 3.91. The Morgan fingerprint density at radius 2 is 2.17 bits per heavy atom. The molecule has 1 fully saturated rings. The zero-order valence-electron chi connectivity index (χ0n) is 13.0. The summed E-state index contributed by atoms with van der Waals surface area (Å²) in [6.45, 7) is 2.07. The maximum atomic E-state index is 12.6. The van der Waals surface area contributed by atoms with Gasteiger partial charge in [0.05, 0.1) is 11.6 Å². The van der Waals surface area contributed by atoms with Gasteiger partial charge in [-0.05, 0) is 42.7 Å². The van der Waals surface area contributed by atoms with Gasteiger partial charge in [-0.25, -0.2) is 0 Å². The summed E-state index contributed by atoms with van der Waals surface area (Å²) < 4.78 is 0. The quantitative estimate of drug-likeness (QED) is 0.861. The molecule has 0 spiro atoms. The van der Waals surface area contributed by atoms with Gasteiger partial charge >= 0.3 is 0 Å². The molecule has 1 heterocycles. The third-order valence-electron chi connectivity index (χ3n) is 4.07. The molecule has 2 atom stereocenters. The van der Waals surface area contributed by atoms with Gasteiger partial charge in [-0.3, -0.25) is 9.59 Å². The molecule has 0 aromatic heterocycles. The van der Waals surface area contributed by atoms with Crippen LogP contribution in [0.4, 0.5) is 0 Å². The normalized spacial score (nSPS) is 23.2. The van der Waals surface area contributed by atoms with Crippen molar-refractivity contribution in [2.45, 2.75) is 43.2 Å². The molecule has 2 amide bonds. The van der Waals surface area contributed by atoms with Gasteiger partial charge in [0.2, 0.25) is 0 Å². The number of hydrogen-bond acceptors (Lipinski definition) is 4. The molecule has 2 unspecified atom stereocenters. The van der Waals surface area contributed by atoms with Gasteiger partial charge < -0.3 is 5.32 Å². The number of nitrogens with one attached hydrogen (secondary N) is 1. The highest BCUT2D eigenvalue weighted by Gasteiger charge is 2.29. The fourth-order valence-corrected chi connectivity index (χ4v) is 3.79. The van der Waals surface area contributed by atoms with Crippen molar-refractivity contribution in [3.8, 4) is 0 Å². The maximum absolute atomic E-state index is 12.6. The molecular formula is C17H19N3O2S. The van der Waals surface area contributed by atoms with E-state index < -0.39 is 0 Å². The largest absolute Gasteiger partial charge is 0.349 e. The molecule has 1 aromatic rings. The summed E-state index contributed by atoms with van der Waals surface area (Å²) in [5, 5.41) is 10.7. The highest BCUT2D eigenvalue weighted by atomic mass is 32.2. The van der Waals surface area contributed by atoms with Crippen molar-refractivity contribution in [1.82, 2.24) is 5.32 Å². The molecule has 1 aliphatic carbocycles. The molecule has 1 aromatic carbocycles. The number of nitrogens with zero attached hydrogens (tertiary/aromatic N) is 2. The van der Waals surface area contributed by atoms with Crippen LogP contribution in [0.3, 0.4) is 0 Å². The molecule has 0 bridgehead atoms. The third-order valence-corrected chi connectivity index (χ3v) is 5.03. The topological polar surface area (TPSA) is 70.9 Å². The van der Waals surface area contributed by atoms with Crippen molar-refractivity contribution in [2.75, 3.05) is 5.75 Å². The summed E-state index contributed by atoms with van der Waals surface area (Å²) in [7, 11) is 0. The van der Waals surface area contributed by atoms with Crippen LogP contribution in [0.25, 0.3) is 0 Å². The highest BCUT2D eigenvalue weighted by Crippen LogP contribution is 2.30. The molecular weight excluding hydrogens is 310 g/mol. The molecule has 6 heteroatoms. The van der Waals surface area contributed by atoms with Gasteiger partial charge in [0, 0.05) is 17.0 Å². The maximum Gasteiger partial charge on any atom is 0.287 e. The van der Waals surface area contributed by atoms with Gasteiger partial charge in [0.15, 0.2) is 0 Å². The van der Waals surface area contributed by atoms with Crippen LogP contribution in [0.2, 0.25) is 0 Å². The zero-order chi connectivity index (χ0) is 16.2. The summed E-state index contributed by atoms with van der Waals surface area (Å²) in [5.74, 6) is 0.581. The Hall–Kier alpha value is -1.95. The fourth-order valence-electron chi connectivity index (χ4n) is 2.99. The number of carbonyl (C=O) groups is 2. The lowest BCUT2D eigenvalue weighted by Gasteiger charge is -2.30. The van der Waals surface area contributed by atoms with E-state index in [1.54, 1.807) is 17.8 Å². The lowest BCUT2D eigenvalue weighted by Crippen LogP contribution is -2.40. The van der Waals surface area contributed by atoms with Crippen molar-refractivity contribution in [1.29, 1.82) is 0 Å². The summed E-state index contributed by atoms with van der Waals surface area (Å²) in [4.78, 5) is 24.9. The number of benzene rings is 1. The van der Waals surface area contributed by atoms with Crippen LogP contribution in [0.15, 0.2) is 51.0 Å². The van der Waals surface area contributed by atoms with Crippen molar-refractivity contribution < 1.29 is 9.59 Å². The number of fused-ring (bicyclic) bond motifs is 1. The molecule has 120 valence electrons. The standard InChI is InChI=1S/C17H19N3O2S/c1-2-23-15-6-4-3-5-13(15)17(22)18-12-7-8-14-11(9-12)10-16(21)20-19-14/h3-6,10,12,14H,2,7-9H2,1H3,(H,18,22). The average molecular weight is 329 g/mol. The fraction of sp³-hybridized carbons (Fsp3) is 0.412. The number of carbonyl (C=O) groups excluding carboxylic acids is 2. The minimum atomic E-state index is -0.298. The van der Waals surface area contributed by atoms with Crippen molar-refractivity contribution in [3.63, 3.8) is 0 Å². The predicted molar refractivity (Wildman–Crippen MR) is 89.7 cm³/mol. The number of azo groups is 1. The zero-order valence-corrected chi connectivity index (χ0v) is 13.8. The van der Waals surface area contributed by atoms with Gasteiger partial charge in [0.1, 0.15) is 0 Å². The predicted octanol–water partition coefficient (Wildman–Crippen LogP) is 3.37. The minimum Gasteiger partial charge on any atom is -0.349 e. The van der Waals surface area contributed by atoms with Crippen molar-refractivity contribution in [3.05, 3.63) is 41.5 Å². The number of amides is 2. The smallest absolute Gasteiger partial charge is 0.287 e. The van der Waals surface area contributed by atoms with E-state index in [-0.39, 0.29) is 23.9 Å². The SMILES string of the molecule is CCSc1ccccc1C(=O)NC1CCC2N=NC(=O)C=C2C1. The number of thioether (sulfide) groups is 1. The van der Waals surface area contributed by atoms with Crippen LogP contribution in [0.5, 0.6) is 0 Å². The highest BCUT2D eigenvalue weighted by molar-refractivity contribution is 7.99. The lowest BCUT2D eigenvalue weighted by atomic mass is 9.86. The Bertz CT molecular complexity index is 684. The van der Waals surface area contributed by atoms with Crippen molar-refractivity contribution >= 4 is 23.6 Å². The van der Waals surface area contributed by atoms with E-state index in [4.69, 9.17) is 0 Å². The number of hydrogen-bond donors (Lipinski definition) is 1. The van der Waals surface area contributed by atoms with E-state index in [0.29, 0.717) is 6.42 Å². The van der Waals surface area contributed by atoms with E-state index in [1.165, 1.54) is 0 Å².